The van der Waals surface area contributed by atoms with Gasteiger partial charge in [0.15, 0.2) is 11.6 Å². The molecule has 4 heteroatoms. The van der Waals surface area contributed by atoms with E-state index in [1.165, 1.54) is 6.07 Å². The number of unbranched alkanes of at least 4 members (excludes halogenated alkanes) is 3. The van der Waals surface area contributed by atoms with Crippen LogP contribution in [0.25, 0.3) is 22.3 Å². The molecule has 1 aliphatic rings. The maximum absolute atomic E-state index is 14.9. The Hall–Kier alpha value is -2.59. The van der Waals surface area contributed by atoms with Gasteiger partial charge in [-0.05, 0) is 59.9 Å². The summed E-state index contributed by atoms with van der Waals surface area (Å²) in [4.78, 5) is 0. The fourth-order valence-electron chi connectivity index (χ4n) is 4.69. The third kappa shape index (κ3) is 5.55. The van der Waals surface area contributed by atoms with Crippen molar-refractivity contribution in [3.63, 3.8) is 0 Å². The second-order valence-corrected chi connectivity index (χ2v) is 9.53. The summed E-state index contributed by atoms with van der Waals surface area (Å²) in [6, 6.07) is 15.7. The molecule has 0 amide bonds. The van der Waals surface area contributed by atoms with E-state index >= 15 is 0 Å². The third-order valence-electron chi connectivity index (χ3n) is 6.84. The van der Waals surface area contributed by atoms with Crippen LogP contribution >= 0.6 is 0 Å². The standard InChI is InChI=1S/C30H33F3O/c1-3-4-5-6-7-23-13-15-25(30(33)29(23)32)22-11-9-21(10-12-22)24-14-16-26(27(31)18-24)28-17-8-20(2)19-34-28/h9-16,18,20,28H,3-8,17,19H2,1-2H3. The molecule has 3 aromatic rings. The summed E-state index contributed by atoms with van der Waals surface area (Å²) in [7, 11) is 0. The number of halogens is 3. The minimum absolute atomic E-state index is 0.194. The van der Waals surface area contributed by atoms with Crippen molar-refractivity contribution in [1.82, 2.24) is 0 Å². The lowest BCUT2D eigenvalue weighted by molar-refractivity contribution is -0.0141. The van der Waals surface area contributed by atoms with Gasteiger partial charge in [0.25, 0.3) is 0 Å². The highest BCUT2D eigenvalue weighted by Gasteiger charge is 2.23. The van der Waals surface area contributed by atoms with Gasteiger partial charge in [0.05, 0.1) is 6.10 Å². The number of aryl methyl sites for hydroxylation is 1. The van der Waals surface area contributed by atoms with Crippen molar-refractivity contribution >= 4 is 0 Å². The first-order valence-corrected chi connectivity index (χ1v) is 12.5. The van der Waals surface area contributed by atoms with Crippen LogP contribution in [0.15, 0.2) is 54.6 Å². The lowest BCUT2D eigenvalue weighted by Gasteiger charge is -2.27. The number of ether oxygens (including phenoxy) is 1. The highest BCUT2D eigenvalue weighted by molar-refractivity contribution is 5.71. The van der Waals surface area contributed by atoms with E-state index in [2.05, 4.69) is 13.8 Å². The van der Waals surface area contributed by atoms with E-state index in [4.69, 9.17) is 4.74 Å². The summed E-state index contributed by atoms with van der Waals surface area (Å²) in [6.07, 6.45) is 6.31. The molecule has 0 spiro atoms. The van der Waals surface area contributed by atoms with Crippen molar-refractivity contribution in [2.45, 2.75) is 64.9 Å². The average Bonchev–Trinajstić information content (AvgIpc) is 2.85. The van der Waals surface area contributed by atoms with Crippen LogP contribution in [0.5, 0.6) is 0 Å². The van der Waals surface area contributed by atoms with Gasteiger partial charge in [0.2, 0.25) is 0 Å². The monoisotopic (exact) mass is 466 g/mol. The minimum Gasteiger partial charge on any atom is -0.373 e. The molecule has 0 radical (unpaired) electrons. The van der Waals surface area contributed by atoms with E-state index in [1.54, 1.807) is 30.3 Å². The quantitative estimate of drug-likeness (QED) is 0.301. The molecule has 2 atom stereocenters. The van der Waals surface area contributed by atoms with Gasteiger partial charge in [-0.3, -0.25) is 0 Å². The molecule has 1 saturated heterocycles. The fraction of sp³-hybridized carbons (Fsp3) is 0.400. The summed E-state index contributed by atoms with van der Waals surface area (Å²) in [6.45, 7) is 4.92. The van der Waals surface area contributed by atoms with Gasteiger partial charge in [0, 0.05) is 17.7 Å². The van der Waals surface area contributed by atoms with Gasteiger partial charge in [-0.15, -0.1) is 0 Å². The van der Waals surface area contributed by atoms with Crippen LogP contribution in [-0.2, 0) is 11.2 Å². The fourth-order valence-corrected chi connectivity index (χ4v) is 4.69. The molecule has 0 aliphatic carbocycles. The zero-order valence-electron chi connectivity index (χ0n) is 20.0. The van der Waals surface area contributed by atoms with E-state index in [1.807, 2.05) is 18.2 Å². The van der Waals surface area contributed by atoms with Crippen molar-refractivity contribution in [2.24, 2.45) is 5.92 Å². The van der Waals surface area contributed by atoms with Gasteiger partial charge in [-0.1, -0.05) is 81.6 Å². The zero-order chi connectivity index (χ0) is 24.1. The second-order valence-electron chi connectivity index (χ2n) is 9.53. The van der Waals surface area contributed by atoms with Gasteiger partial charge in [0.1, 0.15) is 5.82 Å². The Labute approximate surface area is 201 Å². The van der Waals surface area contributed by atoms with E-state index in [0.717, 1.165) is 49.7 Å². The van der Waals surface area contributed by atoms with E-state index < -0.39 is 11.6 Å². The molecule has 1 heterocycles. The van der Waals surface area contributed by atoms with Crippen LogP contribution in [0.2, 0.25) is 0 Å². The number of benzene rings is 3. The predicted molar refractivity (Wildman–Crippen MR) is 132 cm³/mol. The molecular weight excluding hydrogens is 433 g/mol. The molecule has 2 unspecified atom stereocenters. The molecule has 180 valence electrons. The molecule has 1 aliphatic heterocycles. The Morgan fingerprint density at radius 3 is 2.21 bits per heavy atom. The van der Waals surface area contributed by atoms with E-state index in [9.17, 15) is 13.2 Å². The lowest BCUT2D eigenvalue weighted by Crippen LogP contribution is -2.19. The molecule has 0 N–H and O–H groups in total. The minimum atomic E-state index is -0.807. The van der Waals surface area contributed by atoms with Crippen molar-refractivity contribution in [2.75, 3.05) is 6.61 Å². The zero-order valence-corrected chi connectivity index (χ0v) is 20.0. The van der Waals surface area contributed by atoms with E-state index in [-0.39, 0.29) is 17.5 Å². The topological polar surface area (TPSA) is 9.23 Å². The van der Waals surface area contributed by atoms with Crippen LogP contribution < -0.4 is 0 Å². The number of hydrogen-bond donors (Lipinski definition) is 0. The third-order valence-corrected chi connectivity index (χ3v) is 6.84. The molecular formula is C30H33F3O. The molecule has 3 aromatic carbocycles. The molecule has 1 nitrogen and oxygen atoms in total. The van der Waals surface area contributed by atoms with Crippen molar-refractivity contribution in [1.29, 1.82) is 0 Å². The maximum atomic E-state index is 14.9. The van der Waals surface area contributed by atoms with Crippen LogP contribution in [0, 0.1) is 23.4 Å². The first-order chi connectivity index (χ1) is 16.5. The first-order valence-electron chi connectivity index (χ1n) is 12.5. The van der Waals surface area contributed by atoms with Crippen molar-refractivity contribution in [3.05, 3.63) is 83.2 Å². The Morgan fingerprint density at radius 1 is 0.794 bits per heavy atom. The number of rotatable bonds is 8. The van der Waals surface area contributed by atoms with Gasteiger partial charge in [-0.2, -0.15) is 0 Å². The van der Waals surface area contributed by atoms with Crippen LogP contribution in [0.4, 0.5) is 13.2 Å². The molecule has 34 heavy (non-hydrogen) atoms. The Balaban J connectivity index is 1.49. The highest BCUT2D eigenvalue weighted by atomic mass is 19.2. The SMILES string of the molecule is CCCCCCc1ccc(-c2ccc(-c3ccc(C4CCC(C)CO4)c(F)c3)cc2)c(F)c1F. The molecule has 0 saturated carbocycles. The van der Waals surface area contributed by atoms with Crippen LogP contribution in [0.3, 0.4) is 0 Å². The summed E-state index contributed by atoms with van der Waals surface area (Å²) in [5.74, 6) is -1.32. The average molecular weight is 467 g/mol. The lowest BCUT2D eigenvalue weighted by atomic mass is 9.93. The van der Waals surface area contributed by atoms with Gasteiger partial charge < -0.3 is 4.74 Å². The molecule has 4 rings (SSSR count). The second kappa shape index (κ2) is 11.2. The Kier molecular flexibility index (Phi) is 8.10. The molecule has 0 bridgehead atoms. The molecule has 1 fully saturated rings. The van der Waals surface area contributed by atoms with Crippen molar-refractivity contribution in [3.8, 4) is 22.3 Å². The smallest absolute Gasteiger partial charge is 0.166 e. The van der Waals surface area contributed by atoms with Crippen LogP contribution in [-0.4, -0.2) is 6.61 Å². The summed E-state index contributed by atoms with van der Waals surface area (Å²) >= 11 is 0. The van der Waals surface area contributed by atoms with Crippen molar-refractivity contribution < 1.29 is 17.9 Å². The Bertz CT molecular complexity index is 1100. The van der Waals surface area contributed by atoms with Gasteiger partial charge in [-0.25, -0.2) is 13.2 Å². The summed E-state index contributed by atoms with van der Waals surface area (Å²) in [5, 5.41) is 0. The largest absolute Gasteiger partial charge is 0.373 e. The number of hydrogen-bond acceptors (Lipinski definition) is 1. The summed E-state index contributed by atoms with van der Waals surface area (Å²) < 4.78 is 50.1. The molecule has 0 aromatic heterocycles. The van der Waals surface area contributed by atoms with Crippen LogP contribution in [0.1, 0.15) is 69.6 Å². The van der Waals surface area contributed by atoms with Gasteiger partial charge >= 0.3 is 0 Å². The maximum Gasteiger partial charge on any atom is 0.166 e. The first kappa shape index (κ1) is 24.5. The normalized spacial score (nSPS) is 18.3. The predicted octanol–water partition coefficient (Wildman–Crippen LogP) is 9.05. The highest BCUT2D eigenvalue weighted by Crippen LogP contribution is 2.34. The Morgan fingerprint density at radius 2 is 1.53 bits per heavy atom. The van der Waals surface area contributed by atoms with E-state index in [0.29, 0.717) is 35.6 Å². The summed E-state index contributed by atoms with van der Waals surface area (Å²) in [5.41, 5.74) is 3.43.